The van der Waals surface area contributed by atoms with Gasteiger partial charge in [0, 0.05) is 17.0 Å². The number of hydrogen-bond acceptors (Lipinski definition) is 6. The van der Waals surface area contributed by atoms with E-state index in [0.717, 1.165) is 11.3 Å². The Morgan fingerprint density at radius 2 is 2.09 bits per heavy atom. The average molecular weight is 329 g/mol. The number of carbonyl (C=O) groups excluding carboxylic acids is 1. The second kappa shape index (κ2) is 6.94. The lowest BCUT2D eigenvalue weighted by Gasteiger charge is -2.09. The molecule has 0 aliphatic heterocycles. The van der Waals surface area contributed by atoms with Gasteiger partial charge in [-0.3, -0.25) is 10.1 Å². The van der Waals surface area contributed by atoms with Crippen LogP contribution in [-0.2, 0) is 11.3 Å². The van der Waals surface area contributed by atoms with E-state index in [1.807, 2.05) is 0 Å². The minimum atomic E-state index is -3.06. The van der Waals surface area contributed by atoms with Crippen molar-refractivity contribution in [1.82, 2.24) is 0 Å². The summed E-state index contributed by atoms with van der Waals surface area (Å²) in [5.74, 6) is -1.15. The predicted octanol–water partition coefficient (Wildman–Crippen LogP) is 3.61. The number of benzene rings is 1. The van der Waals surface area contributed by atoms with E-state index in [4.69, 9.17) is 4.74 Å². The largest absolute Gasteiger partial charge is 0.457 e. The van der Waals surface area contributed by atoms with E-state index in [1.165, 1.54) is 35.7 Å². The summed E-state index contributed by atoms with van der Waals surface area (Å²) in [6.45, 7) is -3.26. The van der Waals surface area contributed by atoms with E-state index >= 15 is 0 Å². The number of para-hydroxylation sites is 1. The molecule has 0 unspecified atom stereocenters. The normalized spacial score (nSPS) is 10.5. The molecule has 0 fully saturated rings. The van der Waals surface area contributed by atoms with Crippen LogP contribution in [0.15, 0.2) is 35.7 Å². The number of thiophene rings is 1. The maximum absolute atomic E-state index is 12.3. The zero-order chi connectivity index (χ0) is 16.1. The highest BCUT2D eigenvalue weighted by atomic mass is 32.1. The summed E-state index contributed by atoms with van der Waals surface area (Å²) in [5.41, 5.74) is 0.296. The number of alkyl halides is 2. The number of ether oxygens (including phenoxy) is 2. The van der Waals surface area contributed by atoms with Gasteiger partial charge in [-0.1, -0.05) is 23.5 Å². The standard InChI is InChI=1S/C13H9F2NO5S/c14-13(15)21-10-4-2-1-3-9(10)12(17)20-6-8-5-11(16(18)19)22-7-8/h1-5,7,13H,6H2. The molecule has 2 aromatic rings. The molecule has 0 bridgehead atoms. The van der Waals surface area contributed by atoms with E-state index in [2.05, 4.69) is 4.74 Å². The maximum Gasteiger partial charge on any atom is 0.387 e. The number of rotatable bonds is 6. The van der Waals surface area contributed by atoms with Crippen LogP contribution in [0.1, 0.15) is 15.9 Å². The third-order valence-corrected chi connectivity index (χ3v) is 3.44. The molecule has 9 heteroatoms. The molecule has 1 aromatic heterocycles. The molecule has 0 saturated carbocycles. The second-order valence-corrected chi connectivity index (χ2v) is 4.89. The quantitative estimate of drug-likeness (QED) is 0.459. The molecule has 116 valence electrons. The Kier molecular flexibility index (Phi) is 4.99. The Labute approximate surface area is 127 Å². The van der Waals surface area contributed by atoms with Crippen molar-refractivity contribution in [3.63, 3.8) is 0 Å². The summed E-state index contributed by atoms with van der Waals surface area (Å²) in [4.78, 5) is 21.9. The third kappa shape index (κ3) is 3.98. The van der Waals surface area contributed by atoms with Crippen LogP contribution in [0, 0.1) is 10.1 Å². The zero-order valence-corrected chi connectivity index (χ0v) is 11.7. The molecular formula is C13H9F2NO5S. The Morgan fingerprint density at radius 3 is 2.73 bits per heavy atom. The van der Waals surface area contributed by atoms with Gasteiger partial charge in [0.1, 0.15) is 17.9 Å². The minimum Gasteiger partial charge on any atom is -0.457 e. The molecule has 0 spiro atoms. The molecule has 0 saturated heterocycles. The first-order valence-electron chi connectivity index (χ1n) is 5.90. The fourth-order valence-electron chi connectivity index (χ4n) is 1.59. The Bertz CT molecular complexity index is 689. The van der Waals surface area contributed by atoms with Crippen LogP contribution in [0.3, 0.4) is 0 Å². The van der Waals surface area contributed by atoms with E-state index < -0.39 is 17.5 Å². The molecule has 0 atom stereocenters. The molecule has 0 aliphatic carbocycles. The topological polar surface area (TPSA) is 78.7 Å². The van der Waals surface area contributed by atoms with Crippen LogP contribution in [0.5, 0.6) is 5.75 Å². The van der Waals surface area contributed by atoms with Crippen LogP contribution in [-0.4, -0.2) is 17.5 Å². The number of nitrogens with zero attached hydrogens (tertiary/aromatic N) is 1. The molecule has 0 amide bonds. The number of esters is 1. The summed E-state index contributed by atoms with van der Waals surface area (Å²) in [6, 6.07) is 6.70. The summed E-state index contributed by atoms with van der Waals surface area (Å²) in [5, 5.41) is 11.9. The van der Waals surface area contributed by atoms with Crippen molar-refractivity contribution in [2.45, 2.75) is 13.2 Å². The Hall–Kier alpha value is -2.55. The van der Waals surface area contributed by atoms with Gasteiger partial charge >= 0.3 is 17.6 Å². The highest BCUT2D eigenvalue weighted by molar-refractivity contribution is 7.13. The second-order valence-electron chi connectivity index (χ2n) is 4.00. The monoisotopic (exact) mass is 329 g/mol. The molecule has 2 rings (SSSR count). The van der Waals surface area contributed by atoms with Crippen molar-refractivity contribution in [2.24, 2.45) is 0 Å². The van der Waals surface area contributed by atoms with Gasteiger partial charge in [-0.05, 0) is 12.1 Å². The van der Waals surface area contributed by atoms with Crippen molar-refractivity contribution >= 4 is 22.3 Å². The van der Waals surface area contributed by atoms with Gasteiger partial charge in [-0.2, -0.15) is 8.78 Å². The van der Waals surface area contributed by atoms with Gasteiger partial charge in [-0.15, -0.1) is 0 Å². The zero-order valence-electron chi connectivity index (χ0n) is 10.9. The number of halogens is 2. The molecule has 6 nitrogen and oxygen atoms in total. The molecule has 0 aliphatic rings. The number of nitro groups is 1. The van der Waals surface area contributed by atoms with Gasteiger partial charge in [0.05, 0.1) is 4.92 Å². The number of hydrogen-bond donors (Lipinski definition) is 0. The summed E-state index contributed by atoms with van der Waals surface area (Å²) >= 11 is 0.902. The molecule has 1 aromatic carbocycles. The van der Waals surface area contributed by atoms with Crippen molar-refractivity contribution in [1.29, 1.82) is 0 Å². The lowest BCUT2D eigenvalue weighted by Crippen LogP contribution is -2.10. The van der Waals surface area contributed by atoms with Crippen molar-refractivity contribution in [3.05, 3.63) is 57.0 Å². The fraction of sp³-hybridized carbons (Fsp3) is 0.154. The first-order chi connectivity index (χ1) is 10.5. The Morgan fingerprint density at radius 1 is 1.36 bits per heavy atom. The van der Waals surface area contributed by atoms with Crippen LogP contribution >= 0.6 is 11.3 Å². The SMILES string of the molecule is O=C(OCc1csc([N+](=O)[O-])c1)c1ccccc1OC(F)F. The average Bonchev–Trinajstić information content (AvgIpc) is 2.94. The summed E-state index contributed by atoms with van der Waals surface area (Å²) < 4.78 is 33.7. The molecule has 22 heavy (non-hydrogen) atoms. The highest BCUT2D eigenvalue weighted by Crippen LogP contribution is 2.25. The maximum atomic E-state index is 12.3. The van der Waals surface area contributed by atoms with Gasteiger partial charge in [0.15, 0.2) is 0 Å². The van der Waals surface area contributed by atoms with Crippen molar-refractivity contribution in [2.75, 3.05) is 0 Å². The first kappa shape index (κ1) is 15.8. The summed E-state index contributed by atoms with van der Waals surface area (Å²) in [7, 11) is 0. The minimum absolute atomic E-state index is 0.0764. The predicted molar refractivity (Wildman–Crippen MR) is 73.2 cm³/mol. The van der Waals surface area contributed by atoms with Crippen LogP contribution in [0.2, 0.25) is 0 Å². The van der Waals surface area contributed by atoms with Gasteiger partial charge in [0.25, 0.3) is 0 Å². The smallest absolute Gasteiger partial charge is 0.387 e. The van der Waals surface area contributed by atoms with Gasteiger partial charge in [-0.25, -0.2) is 4.79 Å². The molecule has 1 heterocycles. The molecule has 0 N–H and O–H groups in total. The molecule has 0 radical (unpaired) electrons. The van der Waals surface area contributed by atoms with E-state index in [-0.39, 0.29) is 22.9 Å². The van der Waals surface area contributed by atoms with E-state index in [9.17, 15) is 23.7 Å². The van der Waals surface area contributed by atoms with Crippen LogP contribution in [0.25, 0.3) is 0 Å². The third-order valence-electron chi connectivity index (χ3n) is 2.51. The van der Waals surface area contributed by atoms with Gasteiger partial charge in [0.2, 0.25) is 0 Å². The van der Waals surface area contributed by atoms with Gasteiger partial charge < -0.3 is 9.47 Å². The van der Waals surface area contributed by atoms with E-state index in [0.29, 0.717) is 5.56 Å². The lowest BCUT2D eigenvalue weighted by atomic mass is 10.2. The lowest BCUT2D eigenvalue weighted by molar-refractivity contribution is -0.380. The fourth-order valence-corrected chi connectivity index (χ4v) is 2.31. The van der Waals surface area contributed by atoms with Crippen molar-refractivity contribution in [3.8, 4) is 5.75 Å². The van der Waals surface area contributed by atoms with Crippen LogP contribution < -0.4 is 4.74 Å². The number of carbonyl (C=O) groups is 1. The van der Waals surface area contributed by atoms with E-state index in [1.54, 1.807) is 0 Å². The summed E-state index contributed by atoms with van der Waals surface area (Å²) in [6.07, 6.45) is 0. The van der Waals surface area contributed by atoms with Crippen molar-refractivity contribution < 1.29 is 28.0 Å². The highest BCUT2D eigenvalue weighted by Gasteiger charge is 2.17. The molecular weight excluding hydrogens is 320 g/mol. The van der Waals surface area contributed by atoms with Crippen LogP contribution in [0.4, 0.5) is 13.8 Å². The Balaban J connectivity index is 2.04. The first-order valence-corrected chi connectivity index (χ1v) is 6.78.